The number of hydrogen-bond donors (Lipinski definition) is 1. The normalized spacial score (nSPS) is 12.1. The number of allylic oxidation sites excluding steroid dienone is 3. The lowest BCUT2D eigenvalue weighted by Crippen LogP contribution is -1.90. The summed E-state index contributed by atoms with van der Waals surface area (Å²) in [6.45, 7) is 2.01. The minimum absolute atomic E-state index is 0.891. The van der Waals surface area contributed by atoms with E-state index in [0.29, 0.717) is 0 Å². The van der Waals surface area contributed by atoms with E-state index in [1.165, 1.54) is 71.3 Å². The molecule has 0 bridgehead atoms. The molecular weight excluding hydrogens is 518 g/mol. The molecule has 0 heterocycles. The number of rotatable bonds is 6. The molecule has 0 aliphatic heterocycles. The predicted molar refractivity (Wildman–Crippen MR) is 186 cm³/mol. The number of nitrogens with two attached hydrogens (primary N) is 1. The first-order chi connectivity index (χ1) is 21.2. The third-order valence-corrected chi connectivity index (χ3v) is 8.41. The molecule has 0 unspecified atom stereocenters. The van der Waals surface area contributed by atoms with Crippen LogP contribution in [-0.2, 0) is 6.42 Å². The molecule has 7 aromatic carbocycles. The van der Waals surface area contributed by atoms with Gasteiger partial charge in [0.1, 0.15) is 0 Å². The maximum atomic E-state index is 5.57. The molecule has 0 aliphatic carbocycles. The molecule has 206 valence electrons. The van der Waals surface area contributed by atoms with Crippen LogP contribution in [0.1, 0.15) is 12.5 Å². The first-order valence-electron chi connectivity index (χ1n) is 14.9. The molecule has 0 saturated carbocycles. The Kier molecular flexibility index (Phi) is 7.07. The molecule has 0 spiro atoms. The Morgan fingerprint density at radius 3 is 1.58 bits per heavy atom. The van der Waals surface area contributed by atoms with Crippen LogP contribution in [0, 0.1) is 0 Å². The Morgan fingerprint density at radius 1 is 0.512 bits per heavy atom. The van der Waals surface area contributed by atoms with Crippen molar-refractivity contribution < 1.29 is 0 Å². The van der Waals surface area contributed by atoms with Gasteiger partial charge in [-0.25, -0.2) is 0 Å². The van der Waals surface area contributed by atoms with Gasteiger partial charge in [0, 0.05) is 0 Å². The molecular formula is C42H33N. The second-order valence-electron chi connectivity index (χ2n) is 11.2. The monoisotopic (exact) mass is 551 g/mol. The van der Waals surface area contributed by atoms with Crippen molar-refractivity contribution in [3.8, 4) is 33.4 Å². The van der Waals surface area contributed by atoms with E-state index in [4.69, 9.17) is 5.73 Å². The molecule has 7 rings (SSSR count). The van der Waals surface area contributed by atoms with Crippen molar-refractivity contribution in [3.63, 3.8) is 0 Å². The highest BCUT2D eigenvalue weighted by molar-refractivity contribution is 6.21. The van der Waals surface area contributed by atoms with E-state index in [1.807, 2.05) is 6.92 Å². The van der Waals surface area contributed by atoms with Crippen molar-refractivity contribution in [3.05, 3.63) is 169 Å². The minimum Gasteiger partial charge on any atom is -0.404 e. The standard InChI is InChI=1S/C42H33N/c1-29(28-43)10-9-11-30-18-20-31(21-19-30)33-22-23-35-27-36(25-24-34(35)26-33)42-39-16-7-5-14-37(39)41(32-12-3-2-4-13-32)38-15-6-8-17-40(38)42/h2-10,12-28H,11,43H2,1H3/b10-9-,29-28-. The van der Waals surface area contributed by atoms with Gasteiger partial charge in [0.2, 0.25) is 0 Å². The first kappa shape index (κ1) is 26.5. The molecule has 0 fully saturated rings. The number of fused-ring (bicyclic) bond motifs is 3. The SMILES string of the molecule is CC(/C=C\Cc1ccc(-c2ccc3cc(-c4c5ccccc5c(-c5ccccc5)c5ccccc45)ccc3c2)cc1)=C/N. The summed E-state index contributed by atoms with van der Waals surface area (Å²) in [7, 11) is 0. The van der Waals surface area contributed by atoms with E-state index >= 15 is 0 Å². The first-order valence-corrected chi connectivity index (χ1v) is 14.9. The van der Waals surface area contributed by atoms with Gasteiger partial charge < -0.3 is 5.73 Å². The summed E-state index contributed by atoms with van der Waals surface area (Å²) in [4.78, 5) is 0. The number of benzene rings is 7. The second kappa shape index (κ2) is 11.5. The maximum Gasteiger partial charge on any atom is -0.00262 e. The highest BCUT2D eigenvalue weighted by Crippen LogP contribution is 2.44. The van der Waals surface area contributed by atoms with Gasteiger partial charge in [0.15, 0.2) is 0 Å². The van der Waals surface area contributed by atoms with Gasteiger partial charge in [0.05, 0.1) is 0 Å². The molecule has 0 aliphatic rings. The summed E-state index contributed by atoms with van der Waals surface area (Å²) in [5, 5.41) is 7.60. The fourth-order valence-electron chi connectivity index (χ4n) is 6.21. The quantitative estimate of drug-likeness (QED) is 0.161. The summed E-state index contributed by atoms with van der Waals surface area (Å²) in [6, 6.07) is 51.0. The largest absolute Gasteiger partial charge is 0.404 e. The fraction of sp³-hybridized carbons (Fsp3) is 0.0476. The molecule has 43 heavy (non-hydrogen) atoms. The smallest absolute Gasteiger partial charge is 0.00262 e. The van der Waals surface area contributed by atoms with Crippen molar-refractivity contribution in [2.45, 2.75) is 13.3 Å². The van der Waals surface area contributed by atoms with Crippen LogP contribution in [0.3, 0.4) is 0 Å². The highest BCUT2D eigenvalue weighted by atomic mass is 14.5. The van der Waals surface area contributed by atoms with E-state index in [0.717, 1.165) is 12.0 Å². The predicted octanol–water partition coefficient (Wildman–Crippen LogP) is 11.1. The van der Waals surface area contributed by atoms with Crippen LogP contribution < -0.4 is 5.73 Å². The van der Waals surface area contributed by atoms with Crippen molar-refractivity contribution >= 4 is 32.3 Å². The van der Waals surface area contributed by atoms with Gasteiger partial charge in [0.25, 0.3) is 0 Å². The minimum atomic E-state index is 0.891. The molecule has 0 radical (unpaired) electrons. The summed E-state index contributed by atoms with van der Waals surface area (Å²) >= 11 is 0. The lowest BCUT2D eigenvalue weighted by Gasteiger charge is -2.18. The molecule has 1 heteroatoms. The molecule has 0 aromatic heterocycles. The Labute approximate surface area is 253 Å². The van der Waals surface area contributed by atoms with Crippen LogP contribution >= 0.6 is 0 Å². The summed E-state index contributed by atoms with van der Waals surface area (Å²) in [6.07, 6.45) is 6.74. The zero-order valence-corrected chi connectivity index (χ0v) is 24.3. The summed E-state index contributed by atoms with van der Waals surface area (Å²) in [5.74, 6) is 0. The van der Waals surface area contributed by atoms with Crippen LogP contribution in [0.4, 0.5) is 0 Å². The van der Waals surface area contributed by atoms with Crippen LogP contribution in [0.5, 0.6) is 0 Å². The summed E-state index contributed by atoms with van der Waals surface area (Å²) in [5.41, 5.74) is 15.5. The average molecular weight is 552 g/mol. The third-order valence-electron chi connectivity index (χ3n) is 8.41. The van der Waals surface area contributed by atoms with Crippen LogP contribution in [0.15, 0.2) is 163 Å². The van der Waals surface area contributed by atoms with E-state index in [2.05, 4.69) is 152 Å². The second-order valence-corrected chi connectivity index (χ2v) is 11.2. The lowest BCUT2D eigenvalue weighted by atomic mass is 9.85. The fourth-order valence-corrected chi connectivity index (χ4v) is 6.21. The molecule has 0 atom stereocenters. The van der Waals surface area contributed by atoms with Gasteiger partial charge in [-0.2, -0.15) is 0 Å². The zero-order valence-electron chi connectivity index (χ0n) is 24.3. The lowest BCUT2D eigenvalue weighted by molar-refractivity contribution is 1.26. The van der Waals surface area contributed by atoms with Crippen molar-refractivity contribution in [2.24, 2.45) is 5.73 Å². The van der Waals surface area contributed by atoms with Crippen LogP contribution in [0.2, 0.25) is 0 Å². The van der Waals surface area contributed by atoms with Gasteiger partial charge in [-0.15, -0.1) is 0 Å². The molecule has 1 nitrogen and oxygen atoms in total. The molecule has 2 N–H and O–H groups in total. The van der Waals surface area contributed by atoms with Crippen LogP contribution in [-0.4, -0.2) is 0 Å². The Hall–Kier alpha value is -5.40. The molecule has 0 amide bonds. The van der Waals surface area contributed by atoms with Gasteiger partial charge >= 0.3 is 0 Å². The maximum absolute atomic E-state index is 5.57. The van der Waals surface area contributed by atoms with Crippen molar-refractivity contribution in [1.82, 2.24) is 0 Å². The molecule has 7 aromatic rings. The Balaban J connectivity index is 1.29. The topological polar surface area (TPSA) is 26.0 Å². The summed E-state index contributed by atoms with van der Waals surface area (Å²) < 4.78 is 0. The Morgan fingerprint density at radius 2 is 1.00 bits per heavy atom. The van der Waals surface area contributed by atoms with Crippen molar-refractivity contribution in [2.75, 3.05) is 0 Å². The van der Waals surface area contributed by atoms with Gasteiger partial charge in [-0.3, -0.25) is 0 Å². The van der Waals surface area contributed by atoms with E-state index in [-0.39, 0.29) is 0 Å². The average Bonchev–Trinajstić information content (AvgIpc) is 3.07. The van der Waals surface area contributed by atoms with Gasteiger partial charge in [-0.05, 0) is 109 Å². The molecule has 0 saturated heterocycles. The zero-order chi connectivity index (χ0) is 29.2. The van der Waals surface area contributed by atoms with E-state index < -0.39 is 0 Å². The number of hydrogen-bond acceptors (Lipinski definition) is 1. The highest BCUT2D eigenvalue weighted by Gasteiger charge is 2.16. The Bertz CT molecular complexity index is 2090. The van der Waals surface area contributed by atoms with Crippen LogP contribution in [0.25, 0.3) is 65.7 Å². The van der Waals surface area contributed by atoms with Crippen molar-refractivity contribution in [1.29, 1.82) is 0 Å². The van der Waals surface area contributed by atoms with E-state index in [9.17, 15) is 0 Å². The third kappa shape index (κ3) is 5.11. The van der Waals surface area contributed by atoms with Gasteiger partial charge in [-0.1, -0.05) is 140 Å². The van der Waals surface area contributed by atoms with E-state index in [1.54, 1.807) is 6.20 Å².